The van der Waals surface area contributed by atoms with Crippen LogP contribution in [0.4, 0.5) is 0 Å². The first-order valence-corrected chi connectivity index (χ1v) is 29.9. The highest BCUT2D eigenvalue weighted by atomic mass is 16.7. The molecular weight excluding hydrogens is 943 g/mol. The number of nitrogens with one attached hydrogen (secondary N) is 1. The molecule has 1 amide bonds. The van der Waals surface area contributed by atoms with Crippen molar-refractivity contribution in [1.29, 1.82) is 0 Å². The summed E-state index contributed by atoms with van der Waals surface area (Å²) in [5.74, 6) is -0.255. The zero-order valence-corrected chi connectivity index (χ0v) is 46.3. The number of aliphatic hydroxyl groups excluding tert-OH is 8. The van der Waals surface area contributed by atoms with E-state index in [0.717, 1.165) is 44.9 Å². The van der Waals surface area contributed by atoms with Crippen molar-refractivity contribution in [2.75, 3.05) is 19.8 Å². The number of hydrogen-bond acceptors (Lipinski definition) is 13. The lowest BCUT2D eigenvalue weighted by Gasteiger charge is -2.46. The summed E-state index contributed by atoms with van der Waals surface area (Å²) >= 11 is 0. The Morgan fingerprint density at radius 2 is 0.865 bits per heavy atom. The molecule has 2 heterocycles. The molecule has 0 aromatic heterocycles. The molecule has 2 aliphatic rings. The monoisotopic (exact) mass is 1050 g/mol. The number of unbranched alkanes of at least 4 members (excludes halogenated alkanes) is 28. The van der Waals surface area contributed by atoms with Crippen LogP contribution in [-0.2, 0) is 23.7 Å². The fourth-order valence-electron chi connectivity index (χ4n) is 9.61. The van der Waals surface area contributed by atoms with Gasteiger partial charge < -0.3 is 65.1 Å². The highest BCUT2D eigenvalue weighted by molar-refractivity contribution is 5.76. The molecule has 0 spiro atoms. The molecular formula is C60H109NO13. The number of carbonyl (C=O) groups is 1. The molecule has 0 aromatic rings. The van der Waals surface area contributed by atoms with Gasteiger partial charge in [0.05, 0.1) is 32.0 Å². The van der Waals surface area contributed by atoms with Crippen LogP contribution in [0.2, 0.25) is 0 Å². The first-order valence-electron chi connectivity index (χ1n) is 29.9. The molecule has 2 fully saturated rings. The van der Waals surface area contributed by atoms with Gasteiger partial charge in [0.25, 0.3) is 0 Å². The van der Waals surface area contributed by atoms with Gasteiger partial charge in [0, 0.05) is 6.42 Å². The van der Waals surface area contributed by atoms with Gasteiger partial charge in [0.1, 0.15) is 48.8 Å². The van der Waals surface area contributed by atoms with Crippen LogP contribution >= 0.6 is 0 Å². The first kappa shape index (κ1) is 68.1. The number of allylic oxidation sites excluding steroid dienone is 7. The van der Waals surface area contributed by atoms with Crippen molar-refractivity contribution in [3.8, 4) is 0 Å². The summed E-state index contributed by atoms with van der Waals surface area (Å²) in [6.07, 6.45) is 40.0. The molecule has 9 N–H and O–H groups in total. The Bertz CT molecular complexity index is 1430. The Kier molecular flexibility index (Phi) is 42.2. The molecule has 0 radical (unpaired) electrons. The molecule has 0 saturated carbocycles. The van der Waals surface area contributed by atoms with Crippen LogP contribution < -0.4 is 5.32 Å². The van der Waals surface area contributed by atoms with E-state index in [2.05, 4.69) is 55.6 Å². The van der Waals surface area contributed by atoms with E-state index in [-0.39, 0.29) is 18.9 Å². The van der Waals surface area contributed by atoms with Gasteiger partial charge >= 0.3 is 0 Å². The summed E-state index contributed by atoms with van der Waals surface area (Å²) < 4.78 is 22.7. The summed E-state index contributed by atoms with van der Waals surface area (Å²) in [6, 6.07) is -0.939. The Hall–Kier alpha value is -2.05. The first-order chi connectivity index (χ1) is 36.1. The molecule has 2 rings (SSSR count). The maximum Gasteiger partial charge on any atom is 0.220 e. The van der Waals surface area contributed by atoms with Crippen molar-refractivity contribution in [2.24, 2.45) is 0 Å². The smallest absolute Gasteiger partial charge is 0.220 e. The molecule has 12 atom stereocenters. The van der Waals surface area contributed by atoms with Crippen LogP contribution in [0.1, 0.15) is 232 Å². The predicted molar refractivity (Wildman–Crippen MR) is 295 cm³/mol. The highest BCUT2D eigenvalue weighted by Crippen LogP contribution is 2.30. The van der Waals surface area contributed by atoms with Gasteiger partial charge in [-0.15, -0.1) is 0 Å². The number of ether oxygens (including phenoxy) is 4. The van der Waals surface area contributed by atoms with Crippen molar-refractivity contribution in [3.63, 3.8) is 0 Å². The van der Waals surface area contributed by atoms with Crippen LogP contribution in [-0.4, -0.2) is 140 Å². The minimum atomic E-state index is -1.79. The molecule has 12 unspecified atom stereocenters. The van der Waals surface area contributed by atoms with E-state index < -0.39 is 86.8 Å². The van der Waals surface area contributed by atoms with Gasteiger partial charge in [0.15, 0.2) is 12.6 Å². The second kappa shape index (κ2) is 45.9. The average molecular weight is 1050 g/mol. The van der Waals surface area contributed by atoms with E-state index in [1.54, 1.807) is 6.08 Å². The van der Waals surface area contributed by atoms with E-state index in [0.29, 0.717) is 12.8 Å². The standard InChI is InChI=1S/C60H109NO13/c1-3-5-7-9-11-13-15-17-19-21-23-24-26-28-30-32-34-36-38-40-42-44-52(65)61-48(49(64)43-41-39-37-35-33-31-29-27-25-22-20-18-16-14-12-10-8-6-4-2)47-71-59-57(70)55(68)58(51(46-63)73-59)74-60-56(69)54(67)53(66)50(45-62)72-60/h21,23,25,27,33,35,41,43,48-51,53-60,62-64,66-70H,3-20,22,24,26,28-32,34,36-40,42,44-47H2,1-2H3,(H,61,65)/b23-21-,27-25+,35-33+,43-41+. The highest BCUT2D eigenvalue weighted by Gasteiger charge is 2.51. The Morgan fingerprint density at radius 3 is 1.32 bits per heavy atom. The lowest BCUT2D eigenvalue weighted by Crippen LogP contribution is -2.65. The van der Waals surface area contributed by atoms with Crippen molar-refractivity contribution in [1.82, 2.24) is 5.32 Å². The van der Waals surface area contributed by atoms with Gasteiger partial charge in [-0.05, 0) is 70.6 Å². The summed E-state index contributed by atoms with van der Waals surface area (Å²) in [4.78, 5) is 13.2. The van der Waals surface area contributed by atoms with Crippen molar-refractivity contribution < 1.29 is 64.6 Å². The van der Waals surface area contributed by atoms with E-state index in [9.17, 15) is 45.6 Å². The largest absolute Gasteiger partial charge is 0.394 e. The Balaban J connectivity index is 1.80. The van der Waals surface area contributed by atoms with Crippen molar-refractivity contribution in [2.45, 2.75) is 306 Å². The van der Waals surface area contributed by atoms with E-state index in [1.807, 2.05) is 6.08 Å². The average Bonchev–Trinajstić information content (AvgIpc) is 3.40. The third-order valence-electron chi connectivity index (χ3n) is 14.5. The van der Waals surface area contributed by atoms with E-state index in [1.165, 1.54) is 154 Å². The summed E-state index contributed by atoms with van der Waals surface area (Å²) in [5, 5.41) is 87.0. The summed E-state index contributed by atoms with van der Waals surface area (Å²) in [7, 11) is 0. The predicted octanol–water partition coefficient (Wildman–Crippen LogP) is 10.0. The van der Waals surface area contributed by atoms with Gasteiger partial charge in [-0.2, -0.15) is 0 Å². The minimum absolute atomic E-state index is 0.255. The molecule has 0 aliphatic carbocycles. The third kappa shape index (κ3) is 31.4. The normalized spacial score (nSPS) is 25.5. The van der Waals surface area contributed by atoms with Crippen molar-refractivity contribution in [3.05, 3.63) is 48.6 Å². The van der Waals surface area contributed by atoms with E-state index >= 15 is 0 Å². The molecule has 2 aliphatic heterocycles. The maximum absolute atomic E-state index is 13.2. The second-order valence-corrected chi connectivity index (χ2v) is 21.1. The fourth-order valence-corrected chi connectivity index (χ4v) is 9.61. The fraction of sp³-hybridized carbons (Fsp3) is 0.850. The number of aliphatic hydroxyl groups is 8. The number of rotatable bonds is 47. The lowest BCUT2D eigenvalue weighted by atomic mass is 9.97. The second-order valence-electron chi connectivity index (χ2n) is 21.1. The molecule has 0 aromatic carbocycles. The van der Waals surface area contributed by atoms with Gasteiger partial charge in [-0.1, -0.05) is 204 Å². The molecule has 14 heteroatoms. The maximum atomic E-state index is 13.2. The summed E-state index contributed by atoms with van der Waals surface area (Å²) in [5.41, 5.74) is 0. The van der Waals surface area contributed by atoms with Gasteiger partial charge in [-0.3, -0.25) is 4.79 Å². The number of amides is 1. The SMILES string of the molecule is CCCCCCCCCC/C=C\CCCCCCCCCCCC(=O)NC(COC1OC(CO)C(OC2OC(CO)C(O)C(O)C2O)C(O)C1O)C(O)/C=C/CC/C=C/CC/C=C/CCCCCCCCCCC. The van der Waals surface area contributed by atoms with Gasteiger partial charge in [-0.25, -0.2) is 0 Å². The molecule has 14 nitrogen and oxygen atoms in total. The molecule has 2 saturated heterocycles. The Morgan fingerprint density at radius 1 is 0.473 bits per heavy atom. The third-order valence-corrected chi connectivity index (χ3v) is 14.5. The zero-order chi connectivity index (χ0) is 53.9. The van der Waals surface area contributed by atoms with Crippen LogP contribution in [0.15, 0.2) is 48.6 Å². The molecule has 74 heavy (non-hydrogen) atoms. The Labute approximate surface area is 448 Å². The molecule has 432 valence electrons. The topological polar surface area (TPSA) is 228 Å². The molecule has 0 bridgehead atoms. The van der Waals surface area contributed by atoms with Crippen molar-refractivity contribution >= 4 is 5.91 Å². The minimum Gasteiger partial charge on any atom is -0.394 e. The lowest BCUT2D eigenvalue weighted by molar-refractivity contribution is -0.359. The zero-order valence-electron chi connectivity index (χ0n) is 46.3. The quantitative estimate of drug-likeness (QED) is 0.0205. The van der Waals surface area contributed by atoms with Crippen LogP contribution in [0.25, 0.3) is 0 Å². The summed E-state index contributed by atoms with van der Waals surface area (Å²) in [6.45, 7) is 2.78. The van der Waals surface area contributed by atoms with Crippen LogP contribution in [0.3, 0.4) is 0 Å². The van der Waals surface area contributed by atoms with Crippen LogP contribution in [0.5, 0.6) is 0 Å². The number of carbonyl (C=O) groups excluding carboxylic acids is 1. The van der Waals surface area contributed by atoms with Crippen LogP contribution in [0, 0.1) is 0 Å². The number of hydrogen-bond donors (Lipinski definition) is 9. The van der Waals surface area contributed by atoms with Gasteiger partial charge in [0.2, 0.25) is 5.91 Å². The van der Waals surface area contributed by atoms with E-state index in [4.69, 9.17) is 18.9 Å².